The van der Waals surface area contributed by atoms with Crippen LogP contribution >= 0.6 is 11.6 Å². The number of aromatic nitrogens is 1. The fourth-order valence-electron chi connectivity index (χ4n) is 2.26. The molecule has 0 spiro atoms. The van der Waals surface area contributed by atoms with Crippen LogP contribution in [0.25, 0.3) is 10.9 Å². The van der Waals surface area contributed by atoms with Crippen LogP contribution in [0.4, 0.5) is 5.69 Å². The molecule has 82 valence electrons. The molecule has 1 fully saturated rings. The molecule has 1 aromatic carbocycles. The normalized spacial score (nSPS) is 15.9. The molecule has 0 unspecified atom stereocenters. The zero-order valence-corrected chi connectivity index (χ0v) is 9.74. The van der Waals surface area contributed by atoms with Gasteiger partial charge in [0, 0.05) is 24.2 Å². The molecule has 2 nitrogen and oxygen atoms in total. The van der Waals surface area contributed by atoms with Crippen molar-refractivity contribution in [3.8, 4) is 0 Å². The molecular weight excluding hydrogens is 220 g/mol. The highest BCUT2D eigenvalue weighted by atomic mass is 35.5. The van der Waals surface area contributed by atoms with Gasteiger partial charge in [0.2, 0.25) is 0 Å². The topological polar surface area (TPSA) is 16.1 Å². The van der Waals surface area contributed by atoms with Gasteiger partial charge in [-0.1, -0.05) is 11.6 Å². The molecule has 0 aliphatic carbocycles. The van der Waals surface area contributed by atoms with E-state index in [0.29, 0.717) is 5.15 Å². The van der Waals surface area contributed by atoms with Crippen molar-refractivity contribution in [3.63, 3.8) is 0 Å². The highest BCUT2D eigenvalue weighted by molar-refractivity contribution is 6.29. The van der Waals surface area contributed by atoms with Gasteiger partial charge in [-0.15, -0.1) is 0 Å². The summed E-state index contributed by atoms with van der Waals surface area (Å²) in [6, 6.07) is 10.3. The van der Waals surface area contributed by atoms with E-state index in [1.165, 1.54) is 31.6 Å². The van der Waals surface area contributed by atoms with Gasteiger partial charge in [0.1, 0.15) is 5.15 Å². The molecule has 3 rings (SSSR count). The predicted octanol–water partition coefficient (Wildman–Crippen LogP) is 3.49. The molecular formula is C13H13ClN2. The molecule has 0 N–H and O–H groups in total. The largest absolute Gasteiger partial charge is 0.372 e. The first-order valence-corrected chi connectivity index (χ1v) is 6.02. The Balaban J connectivity index is 2.05. The molecule has 1 saturated heterocycles. The van der Waals surface area contributed by atoms with Crippen LogP contribution in [0, 0.1) is 0 Å². The van der Waals surface area contributed by atoms with E-state index in [4.69, 9.17) is 11.6 Å². The lowest BCUT2D eigenvalue weighted by atomic mass is 10.2. The number of hydrogen-bond acceptors (Lipinski definition) is 2. The molecule has 2 aromatic rings. The zero-order chi connectivity index (χ0) is 11.0. The van der Waals surface area contributed by atoms with Gasteiger partial charge in [-0.3, -0.25) is 0 Å². The molecule has 1 aliphatic heterocycles. The third-order valence-electron chi connectivity index (χ3n) is 3.11. The molecule has 0 saturated carbocycles. The van der Waals surface area contributed by atoms with Crippen LogP contribution in [-0.4, -0.2) is 18.1 Å². The van der Waals surface area contributed by atoms with Crippen molar-refractivity contribution in [1.82, 2.24) is 4.98 Å². The average Bonchev–Trinajstić information content (AvgIpc) is 2.82. The molecule has 2 heterocycles. The van der Waals surface area contributed by atoms with Crippen molar-refractivity contribution in [2.45, 2.75) is 12.8 Å². The summed E-state index contributed by atoms with van der Waals surface area (Å²) in [5.74, 6) is 0. The van der Waals surface area contributed by atoms with Gasteiger partial charge in [-0.25, -0.2) is 4.98 Å². The second-order valence-electron chi connectivity index (χ2n) is 4.21. The maximum atomic E-state index is 5.86. The van der Waals surface area contributed by atoms with Gasteiger partial charge in [-0.05, 0) is 43.2 Å². The van der Waals surface area contributed by atoms with Crippen molar-refractivity contribution in [1.29, 1.82) is 0 Å². The van der Waals surface area contributed by atoms with Gasteiger partial charge in [0.25, 0.3) is 0 Å². The number of hydrogen-bond donors (Lipinski definition) is 0. The van der Waals surface area contributed by atoms with E-state index in [2.05, 4.69) is 28.1 Å². The number of nitrogens with zero attached hydrogens (tertiary/aromatic N) is 2. The summed E-state index contributed by atoms with van der Waals surface area (Å²) in [4.78, 5) is 6.71. The van der Waals surface area contributed by atoms with E-state index in [1.807, 2.05) is 12.1 Å². The highest BCUT2D eigenvalue weighted by Crippen LogP contribution is 2.25. The Kier molecular flexibility index (Phi) is 2.44. The Morgan fingerprint density at radius 2 is 1.88 bits per heavy atom. The maximum absolute atomic E-state index is 5.86. The van der Waals surface area contributed by atoms with Crippen molar-refractivity contribution >= 4 is 28.2 Å². The second kappa shape index (κ2) is 3.95. The van der Waals surface area contributed by atoms with E-state index in [-0.39, 0.29) is 0 Å². The van der Waals surface area contributed by atoms with E-state index in [0.717, 1.165) is 10.9 Å². The van der Waals surface area contributed by atoms with Gasteiger partial charge in [-0.2, -0.15) is 0 Å². The Bertz CT molecular complexity index is 518. The van der Waals surface area contributed by atoms with Crippen LogP contribution < -0.4 is 4.90 Å². The van der Waals surface area contributed by atoms with Crippen molar-refractivity contribution in [3.05, 3.63) is 35.5 Å². The number of rotatable bonds is 1. The standard InChI is InChI=1S/C13H13ClN2/c14-13-6-3-10-9-11(4-5-12(10)15-13)16-7-1-2-8-16/h3-6,9H,1-2,7-8H2. The number of pyridine rings is 1. The number of anilines is 1. The molecule has 16 heavy (non-hydrogen) atoms. The van der Waals surface area contributed by atoms with E-state index < -0.39 is 0 Å². The zero-order valence-electron chi connectivity index (χ0n) is 8.99. The molecule has 0 amide bonds. The Labute approximate surface area is 99.8 Å². The van der Waals surface area contributed by atoms with Crippen LogP contribution in [0.15, 0.2) is 30.3 Å². The first-order chi connectivity index (χ1) is 7.83. The minimum atomic E-state index is 0.557. The number of benzene rings is 1. The Morgan fingerprint density at radius 3 is 2.69 bits per heavy atom. The SMILES string of the molecule is Clc1ccc2cc(N3CCCC3)ccc2n1. The average molecular weight is 233 g/mol. The van der Waals surface area contributed by atoms with Crippen LogP contribution in [0.5, 0.6) is 0 Å². The molecule has 0 radical (unpaired) electrons. The summed E-state index contributed by atoms with van der Waals surface area (Å²) >= 11 is 5.86. The minimum absolute atomic E-state index is 0.557. The first-order valence-electron chi connectivity index (χ1n) is 5.64. The summed E-state index contributed by atoms with van der Waals surface area (Å²) in [6.45, 7) is 2.35. The Morgan fingerprint density at radius 1 is 1.06 bits per heavy atom. The third kappa shape index (κ3) is 1.74. The lowest BCUT2D eigenvalue weighted by Crippen LogP contribution is -2.17. The summed E-state index contributed by atoms with van der Waals surface area (Å²) in [5.41, 5.74) is 2.27. The van der Waals surface area contributed by atoms with Crippen LogP contribution in [-0.2, 0) is 0 Å². The van der Waals surface area contributed by atoms with Gasteiger partial charge < -0.3 is 4.90 Å². The molecule has 0 bridgehead atoms. The minimum Gasteiger partial charge on any atom is -0.372 e. The summed E-state index contributed by atoms with van der Waals surface area (Å²) in [6.07, 6.45) is 2.60. The highest BCUT2D eigenvalue weighted by Gasteiger charge is 2.12. The number of fused-ring (bicyclic) bond motifs is 1. The monoisotopic (exact) mass is 232 g/mol. The quantitative estimate of drug-likeness (QED) is 0.700. The molecule has 0 atom stereocenters. The fourth-order valence-corrected chi connectivity index (χ4v) is 2.41. The van der Waals surface area contributed by atoms with Gasteiger partial charge >= 0.3 is 0 Å². The third-order valence-corrected chi connectivity index (χ3v) is 3.32. The van der Waals surface area contributed by atoms with E-state index in [1.54, 1.807) is 0 Å². The van der Waals surface area contributed by atoms with Crippen molar-refractivity contribution < 1.29 is 0 Å². The van der Waals surface area contributed by atoms with Crippen LogP contribution in [0.2, 0.25) is 5.15 Å². The molecule has 1 aromatic heterocycles. The Hall–Kier alpha value is -1.28. The van der Waals surface area contributed by atoms with Crippen LogP contribution in [0.3, 0.4) is 0 Å². The number of halogens is 1. The second-order valence-corrected chi connectivity index (χ2v) is 4.59. The van der Waals surface area contributed by atoms with Gasteiger partial charge in [0.15, 0.2) is 0 Å². The fraction of sp³-hybridized carbons (Fsp3) is 0.308. The van der Waals surface area contributed by atoms with Gasteiger partial charge in [0.05, 0.1) is 5.52 Å². The molecule has 1 aliphatic rings. The molecule has 3 heteroatoms. The lowest BCUT2D eigenvalue weighted by Gasteiger charge is -2.17. The maximum Gasteiger partial charge on any atom is 0.129 e. The van der Waals surface area contributed by atoms with E-state index in [9.17, 15) is 0 Å². The van der Waals surface area contributed by atoms with Crippen molar-refractivity contribution in [2.24, 2.45) is 0 Å². The lowest BCUT2D eigenvalue weighted by molar-refractivity contribution is 0.949. The predicted molar refractivity (Wildman–Crippen MR) is 68.2 cm³/mol. The summed E-state index contributed by atoms with van der Waals surface area (Å²) in [7, 11) is 0. The summed E-state index contributed by atoms with van der Waals surface area (Å²) in [5, 5.41) is 1.72. The van der Waals surface area contributed by atoms with Crippen LogP contribution in [0.1, 0.15) is 12.8 Å². The van der Waals surface area contributed by atoms with Crippen molar-refractivity contribution in [2.75, 3.05) is 18.0 Å². The van der Waals surface area contributed by atoms with E-state index >= 15 is 0 Å². The first kappa shape index (κ1) is 9.91. The summed E-state index contributed by atoms with van der Waals surface area (Å²) < 4.78 is 0. The smallest absolute Gasteiger partial charge is 0.129 e.